The minimum atomic E-state index is -3.54. The lowest BCUT2D eigenvalue weighted by Gasteiger charge is -2.24. The predicted octanol–water partition coefficient (Wildman–Crippen LogP) is 0.966. The van der Waals surface area contributed by atoms with Crippen molar-refractivity contribution in [1.82, 2.24) is 9.62 Å². The van der Waals surface area contributed by atoms with Gasteiger partial charge in [0.1, 0.15) is 5.76 Å². The normalized spacial score (nSPS) is 17.2. The highest BCUT2D eigenvalue weighted by atomic mass is 32.2. The van der Waals surface area contributed by atoms with Crippen LogP contribution in [-0.4, -0.2) is 46.6 Å². The van der Waals surface area contributed by atoms with Crippen molar-refractivity contribution < 1.29 is 17.6 Å². The third-order valence-corrected chi connectivity index (χ3v) is 4.92. The molecule has 0 fully saturated rings. The maximum Gasteiger partial charge on any atom is 0.276 e. The van der Waals surface area contributed by atoms with Gasteiger partial charge in [-0.25, -0.2) is 8.42 Å². The van der Waals surface area contributed by atoms with Gasteiger partial charge >= 0.3 is 0 Å². The standard InChI is InChI=1S/C13H20N2O4S/c1-14-9-12-3-4-13(19-12)20(16,17)15-7-5-11(6-8-15)10-18-2/h3-5,14H,6-10H2,1-2H3. The number of rotatable bonds is 6. The van der Waals surface area contributed by atoms with Gasteiger partial charge in [-0.15, -0.1) is 0 Å². The van der Waals surface area contributed by atoms with Crippen LogP contribution in [0, 0.1) is 0 Å². The van der Waals surface area contributed by atoms with E-state index >= 15 is 0 Å². The molecule has 0 aromatic carbocycles. The summed E-state index contributed by atoms with van der Waals surface area (Å²) in [6.07, 6.45) is 2.60. The molecule has 0 radical (unpaired) electrons. The highest BCUT2D eigenvalue weighted by Gasteiger charge is 2.28. The summed E-state index contributed by atoms with van der Waals surface area (Å²) < 4.78 is 36.7. The maximum atomic E-state index is 12.4. The average Bonchev–Trinajstić information content (AvgIpc) is 2.90. The number of hydrogen-bond donors (Lipinski definition) is 1. The second kappa shape index (κ2) is 6.53. The smallest absolute Gasteiger partial charge is 0.276 e. The van der Waals surface area contributed by atoms with Crippen molar-refractivity contribution in [3.8, 4) is 0 Å². The number of sulfonamides is 1. The van der Waals surface area contributed by atoms with Crippen molar-refractivity contribution in [3.63, 3.8) is 0 Å². The first-order chi connectivity index (χ1) is 9.57. The fourth-order valence-corrected chi connectivity index (χ4v) is 3.43. The van der Waals surface area contributed by atoms with Crippen LogP contribution in [0.3, 0.4) is 0 Å². The number of hydrogen-bond acceptors (Lipinski definition) is 5. The van der Waals surface area contributed by atoms with E-state index < -0.39 is 10.0 Å². The van der Waals surface area contributed by atoms with Crippen molar-refractivity contribution in [2.45, 2.75) is 18.1 Å². The molecule has 1 aliphatic rings. The molecule has 0 saturated carbocycles. The molecule has 0 unspecified atom stereocenters. The second-order valence-corrected chi connectivity index (χ2v) is 6.53. The number of methoxy groups -OCH3 is 1. The SMILES string of the molecule is CNCc1ccc(S(=O)(=O)N2CC=C(COC)CC2)o1. The van der Waals surface area contributed by atoms with Gasteiger partial charge in [-0.05, 0) is 31.2 Å². The number of nitrogens with zero attached hydrogens (tertiary/aromatic N) is 1. The molecule has 0 saturated heterocycles. The summed E-state index contributed by atoms with van der Waals surface area (Å²) in [5.74, 6) is 0.610. The summed E-state index contributed by atoms with van der Waals surface area (Å²) in [6.45, 7) is 1.89. The summed E-state index contributed by atoms with van der Waals surface area (Å²) >= 11 is 0. The minimum Gasteiger partial charge on any atom is -0.447 e. The lowest BCUT2D eigenvalue weighted by Crippen LogP contribution is -2.35. The van der Waals surface area contributed by atoms with Crippen LogP contribution >= 0.6 is 0 Å². The van der Waals surface area contributed by atoms with E-state index in [0.717, 1.165) is 5.57 Å². The number of furan rings is 1. The molecule has 1 aromatic heterocycles. The van der Waals surface area contributed by atoms with E-state index in [9.17, 15) is 8.42 Å². The zero-order valence-electron chi connectivity index (χ0n) is 11.8. The third kappa shape index (κ3) is 3.29. The zero-order valence-corrected chi connectivity index (χ0v) is 12.6. The van der Waals surface area contributed by atoms with Gasteiger partial charge in [0.05, 0.1) is 13.2 Å². The molecule has 112 valence electrons. The van der Waals surface area contributed by atoms with Crippen LogP contribution in [0.1, 0.15) is 12.2 Å². The van der Waals surface area contributed by atoms with Gasteiger partial charge in [-0.2, -0.15) is 4.31 Å². The molecular formula is C13H20N2O4S. The molecule has 0 aliphatic carbocycles. The Hall–Kier alpha value is -1.15. The highest BCUT2D eigenvalue weighted by Crippen LogP contribution is 2.22. The predicted molar refractivity (Wildman–Crippen MR) is 74.8 cm³/mol. The highest BCUT2D eigenvalue weighted by molar-refractivity contribution is 7.89. The molecule has 0 amide bonds. The quantitative estimate of drug-likeness (QED) is 0.793. The van der Waals surface area contributed by atoms with Gasteiger partial charge in [0, 0.05) is 20.2 Å². The van der Waals surface area contributed by atoms with E-state index in [2.05, 4.69) is 5.32 Å². The van der Waals surface area contributed by atoms with Gasteiger partial charge in [-0.1, -0.05) is 6.08 Å². The van der Waals surface area contributed by atoms with Crippen LogP contribution < -0.4 is 5.32 Å². The van der Waals surface area contributed by atoms with E-state index in [0.29, 0.717) is 38.4 Å². The van der Waals surface area contributed by atoms with E-state index in [1.807, 2.05) is 6.08 Å². The number of ether oxygens (including phenoxy) is 1. The van der Waals surface area contributed by atoms with Gasteiger partial charge in [0.2, 0.25) is 5.09 Å². The van der Waals surface area contributed by atoms with Crippen LogP contribution in [0.2, 0.25) is 0 Å². The van der Waals surface area contributed by atoms with Crippen LogP contribution in [0.25, 0.3) is 0 Å². The van der Waals surface area contributed by atoms with E-state index in [4.69, 9.17) is 9.15 Å². The van der Waals surface area contributed by atoms with Crippen LogP contribution in [-0.2, 0) is 21.3 Å². The molecule has 1 aromatic rings. The van der Waals surface area contributed by atoms with Crippen molar-refractivity contribution in [3.05, 3.63) is 29.5 Å². The largest absolute Gasteiger partial charge is 0.447 e. The van der Waals surface area contributed by atoms with Crippen LogP contribution in [0.15, 0.2) is 33.3 Å². The second-order valence-electron chi connectivity index (χ2n) is 4.66. The summed E-state index contributed by atoms with van der Waals surface area (Å²) in [5.41, 5.74) is 1.13. The molecule has 2 heterocycles. The molecule has 1 aliphatic heterocycles. The Kier molecular flexibility index (Phi) is 4.98. The molecule has 0 atom stereocenters. The first kappa shape index (κ1) is 15.2. The fraction of sp³-hybridized carbons (Fsp3) is 0.538. The van der Waals surface area contributed by atoms with Crippen molar-refractivity contribution >= 4 is 10.0 Å². The van der Waals surface area contributed by atoms with Crippen molar-refractivity contribution in [1.29, 1.82) is 0 Å². The molecule has 1 N–H and O–H groups in total. The topological polar surface area (TPSA) is 71.8 Å². The molecular weight excluding hydrogens is 280 g/mol. The lowest BCUT2D eigenvalue weighted by molar-refractivity contribution is 0.219. The summed E-state index contributed by atoms with van der Waals surface area (Å²) in [6, 6.07) is 3.19. The van der Waals surface area contributed by atoms with Crippen molar-refractivity contribution in [2.24, 2.45) is 0 Å². The Balaban J connectivity index is 2.11. The fourth-order valence-electron chi connectivity index (χ4n) is 2.12. The Labute approximate surface area is 119 Å². The van der Waals surface area contributed by atoms with Gasteiger partial charge in [0.15, 0.2) is 0 Å². The number of nitrogens with one attached hydrogen (secondary N) is 1. The van der Waals surface area contributed by atoms with Gasteiger partial charge < -0.3 is 14.5 Å². The zero-order chi connectivity index (χ0) is 14.6. The first-order valence-electron chi connectivity index (χ1n) is 6.48. The first-order valence-corrected chi connectivity index (χ1v) is 7.92. The van der Waals surface area contributed by atoms with Gasteiger partial charge in [0.25, 0.3) is 10.0 Å². The summed E-state index contributed by atoms with van der Waals surface area (Å²) in [7, 11) is -0.128. The summed E-state index contributed by atoms with van der Waals surface area (Å²) in [4.78, 5) is 0. The van der Waals surface area contributed by atoms with Crippen molar-refractivity contribution in [2.75, 3.05) is 33.9 Å². The molecule has 0 spiro atoms. The maximum absolute atomic E-state index is 12.4. The summed E-state index contributed by atoms with van der Waals surface area (Å²) in [5, 5.41) is 2.93. The monoisotopic (exact) mass is 300 g/mol. The molecule has 7 heteroatoms. The van der Waals surface area contributed by atoms with E-state index in [1.54, 1.807) is 20.2 Å². The van der Waals surface area contributed by atoms with Gasteiger partial charge in [-0.3, -0.25) is 0 Å². The van der Waals surface area contributed by atoms with Crippen LogP contribution in [0.5, 0.6) is 0 Å². The molecule has 20 heavy (non-hydrogen) atoms. The molecule has 0 bridgehead atoms. The van der Waals surface area contributed by atoms with Crippen LogP contribution in [0.4, 0.5) is 0 Å². The molecule has 6 nitrogen and oxygen atoms in total. The Morgan fingerprint density at radius 2 is 2.25 bits per heavy atom. The van der Waals surface area contributed by atoms with E-state index in [-0.39, 0.29) is 5.09 Å². The third-order valence-electron chi connectivity index (χ3n) is 3.18. The van der Waals surface area contributed by atoms with E-state index in [1.165, 1.54) is 10.4 Å². The molecule has 2 rings (SSSR count). The Bertz CT molecular complexity index is 577. The minimum absolute atomic E-state index is 0.00587. The average molecular weight is 300 g/mol. The Morgan fingerprint density at radius 1 is 1.45 bits per heavy atom. The lowest BCUT2D eigenvalue weighted by atomic mass is 10.1. The Morgan fingerprint density at radius 3 is 2.85 bits per heavy atom.